The van der Waals surface area contributed by atoms with Gasteiger partial charge in [-0.05, 0) is 49.2 Å². The summed E-state index contributed by atoms with van der Waals surface area (Å²) in [6, 6.07) is 14.4. The van der Waals surface area contributed by atoms with E-state index in [4.69, 9.17) is 9.47 Å². The molecule has 1 heterocycles. The van der Waals surface area contributed by atoms with Crippen molar-refractivity contribution in [2.24, 2.45) is 0 Å². The van der Waals surface area contributed by atoms with Crippen LogP contribution in [0.1, 0.15) is 22.8 Å². The van der Waals surface area contributed by atoms with E-state index in [0.717, 1.165) is 17.7 Å². The minimum atomic E-state index is -0.522. The Morgan fingerprint density at radius 1 is 1.12 bits per heavy atom. The highest BCUT2D eigenvalue weighted by atomic mass is 16.5. The summed E-state index contributed by atoms with van der Waals surface area (Å²) in [5.74, 6) is -0.0782. The second kappa shape index (κ2) is 6.74. The van der Waals surface area contributed by atoms with Crippen LogP contribution in [0.2, 0.25) is 0 Å². The molecular formula is C19H19NO4. The maximum absolute atomic E-state index is 12.5. The first-order valence-electron chi connectivity index (χ1n) is 7.81. The molecule has 0 radical (unpaired) electrons. The van der Waals surface area contributed by atoms with E-state index < -0.39 is 5.97 Å². The summed E-state index contributed by atoms with van der Waals surface area (Å²) in [5.41, 5.74) is 2.42. The first kappa shape index (κ1) is 16.1. The van der Waals surface area contributed by atoms with E-state index in [-0.39, 0.29) is 18.6 Å². The SMILES string of the molecule is COc1ccc(C(=O)OCC(=O)N2c3ccccc3C[C@H]2C)cc1. The van der Waals surface area contributed by atoms with E-state index in [1.165, 1.54) is 0 Å². The highest BCUT2D eigenvalue weighted by Gasteiger charge is 2.30. The molecule has 2 aromatic rings. The van der Waals surface area contributed by atoms with Gasteiger partial charge >= 0.3 is 5.97 Å². The van der Waals surface area contributed by atoms with Gasteiger partial charge in [-0.2, -0.15) is 0 Å². The van der Waals surface area contributed by atoms with Crippen LogP contribution in [-0.2, 0) is 16.0 Å². The van der Waals surface area contributed by atoms with Gasteiger partial charge in [-0.15, -0.1) is 0 Å². The van der Waals surface area contributed by atoms with Gasteiger partial charge in [0.05, 0.1) is 12.7 Å². The monoisotopic (exact) mass is 325 g/mol. The second-order valence-electron chi connectivity index (χ2n) is 5.75. The number of ether oxygens (including phenoxy) is 2. The third-order valence-electron chi connectivity index (χ3n) is 4.13. The zero-order valence-electron chi connectivity index (χ0n) is 13.7. The number of rotatable bonds is 4. The summed E-state index contributed by atoms with van der Waals surface area (Å²) < 4.78 is 10.2. The van der Waals surface area contributed by atoms with Crippen molar-refractivity contribution in [3.8, 4) is 5.75 Å². The van der Waals surface area contributed by atoms with Gasteiger partial charge in [0.15, 0.2) is 6.61 Å². The summed E-state index contributed by atoms with van der Waals surface area (Å²) in [6.45, 7) is 1.72. The Kier molecular flexibility index (Phi) is 4.51. The number of fused-ring (bicyclic) bond motifs is 1. The minimum absolute atomic E-state index is 0.0644. The van der Waals surface area contributed by atoms with Crippen LogP contribution in [-0.4, -0.2) is 31.6 Å². The standard InChI is InChI=1S/C19H19NO4/c1-13-11-15-5-3-4-6-17(15)20(13)18(21)12-24-19(22)14-7-9-16(23-2)10-8-14/h3-10,13H,11-12H2,1-2H3/t13-/m1/s1. The lowest BCUT2D eigenvalue weighted by atomic mass is 10.1. The Labute approximate surface area is 140 Å². The van der Waals surface area contributed by atoms with E-state index >= 15 is 0 Å². The largest absolute Gasteiger partial charge is 0.497 e. The number of nitrogens with zero attached hydrogens (tertiary/aromatic N) is 1. The molecule has 0 unspecified atom stereocenters. The van der Waals surface area contributed by atoms with Gasteiger partial charge in [0.1, 0.15) is 5.75 Å². The van der Waals surface area contributed by atoms with Crippen LogP contribution in [0.25, 0.3) is 0 Å². The molecule has 0 bridgehead atoms. The van der Waals surface area contributed by atoms with Crippen molar-refractivity contribution in [2.75, 3.05) is 18.6 Å². The van der Waals surface area contributed by atoms with Gasteiger partial charge < -0.3 is 14.4 Å². The number of para-hydroxylation sites is 1. The highest BCUT2D eigenvalue weighted by molar-refractivity contribution is 5.99. The van der Waals surface area contributed by atoms with Crippen LogP contribution in [0.5, 0.6) is 5.75 Å². The lowest BCUT2D eigenvalue weighted by molar-refractivity contribution is -0.122. The van der Waals surface area contributed by atoms with E-state index in [0.29, 0.717) is 11.3 Å². The minimum Gasteiger partial charge on any atom is -0.497 e. The molecule has 1 amide bonds. The van der Waals surface area contributed by atoms with Crippen LogP contribution in [0.3, 0.4) is 0 Å². The van der Waals surface area contributed by atoms with Crippen molar-refractivity contribution in [1.29, 1.82) is 0 Å². The molecule has 3 rings (SSSR count). The predicted molar refractivity (Wildman–Crippen MR) is 90.4 cm³/mol. The Hall–Kier alpha value is -2.82. The number of carbonyl (C=O) groups excluding carboxylic acids is 2. The maximum Gasteiger partial charge on any atom is 0.338 e. The molecule has 1 aliphatic heterocycles. The van der Waals surface area contributed by atoms with Gasteiger partial charge in [0, 0.05) is 11.7 Å². The van der Waals surface area contributed by atoms with Crippen molar-refractivity contribution < 1.29 is 19.1 Å². The molecule has 0 N–H and O–H groups in total. The quantitative estimate of drug-likeness (QED) is 0.811. The van der Waals surface area contributed by atoms with Gasteiger partial charge in [-0.3, -0.25) is 4.79 Å². The van der Waals surface area contributed by atoms with Crippen LogP contribution in [0, 0.1) is 0 Å². The molecule has 0 aliphatic carbocycles. The molecule has 5 heteroatoms. The lowest BCUT2D eigenvalue weighted by Crippen LogP contribution is -2.38. The topological polar surface area (TPSA) is 55.8 Å². The summed E-state index contributed by atoms with van der Waals surface area (Å²) in [6.07, 6.45) is 0.814. The van der Waals surface area contributed by atoms with Crippen LogP contribution in [0.15, 0.2) is 48.5 Å². The molecule has 1 aliphatic rings. The van der Waals surface area contributed by atoms with Crippen molar-refractivity contribution in [3.63, 3.8) is 0 Å². The number of benzene rings is 2. The zero-order valence-corrected chi connectivity index (χ0v) is 13.7. The van der Waals surface area contributed by atoms with Gasteiger partial charge in [0.2, 0.25) is 0 Å². The summed E-state index contributed by atoms with van der Waals surface area (Å²) in [7, 11) is 1.56. The number of anilines is 1. The van der Waals surface area contributed by atoms with E-state index in [9.17, 15) is 9.59 Å². The summed E-state index contributed by atoms with van der Waals surface area (Å²) in [4.78, 5) is 26.2. The fraction of sp³-hybridized carbons (Fsp3) is 0.263. The first-order valence-corrected chi connectivity index (χ1v) is 7.81. The van der Waals surface area contributed by atoms with E-state index in [1.807, 2.05) is 31.2 Å². The van der Waals surface area contributed by atoms with Crippen LogP contribution < -0.4 is 9.64 Å². The van der Waals surface area contributed by atoms with E-state index in [2.05, 4.69) is 0 Å². The average Bonchev–Trinajstić information content (AvgIpc) is 2.95. The average molecular weight is 325 g/mol. The Morgan fingerprint density at radius 2 is 1.83 bits per heavy atom. The molecule has 0 saturated heterocycles. The van der Waals surface area contributed by atoms with Crippen molar-refractivity contribution >= 4 is 17.6 Å². The smallest absolute Gasteiger partial charge is 0.338 e. The number of methoxy groups -OCH3 is 1. The number of hydrogen-bond acceptors (Lipinski definition) is 4. The number of carbonyl (C=O) groups is 2. The molecule has 0 saturated carbocycles. The molecule has 24 heavy (non-hydrogen) atoms. The van der Waals surface area contributed by atoms with Gasteiger partial charge in [-0.25, -0.2) is 4.79 Å². The zero-order chi connectivity index (χ0) is 17.1. The van der Waals surface area contributed by atoms with Crippen molar-refractivity contribution in [3.05, 3.63) is 59.7 Å². The summed E-state index contributed by atoms with van der Waals surface area (Å²) >= 11 is 0. The fourth-order valence-electron chi connectivity index (χ4n) is 2.95. The highest BCUT2D eigenvalue weighted by Crippen LogP contribution is 2.31. The molecule has 2 aromatic carbocycles. The third-order valence-corrected chi connectivity index (χ3v) is 4.13. The summed E-state index contributed by atoms with van der Waals surface area (Å²) in [5, 5.41) is 0. The molecule has 5 nitrogen and oxygen atoms in total. The molecule has 0 spiro atoms. The molecule has 0 fully saturated rings. The van der Waals surface area contributed by atoms with Crippen molar-refractivity contribution in [2.45, 2.75) is 19.4 Å². The molecular weight excluding hydrogens is 306 g/mol. The Balaban J connectivity index is 1.64. The van der Waals surface area contributed by atoms with Crippen LogP contribution >= 0.6 is 0 Å². The fourth-order valence-corrected chi connectivity index (χ4v) is 2.95. The molecule has 124 valence electrons. The molecule has 0 aromatic heterocycles. The predicted octanol–water partition coefficient (Wildman–Crippen LogP) is 2.83. The maximum atomic E-state index is 12.5. The number of hydrogen-bond donors (Lipinski definition) is 0. The van der Waals surface area contributed by atoms with Gasteiger partial charge in [-0.1, -0.05) is 18.2 Å². The lowest BCUT2D eigenvalue weighted by Gasteiger charge is -2.22. The Bertz CT molecular complexity index is 754. The third kappa shape index (κ3) is 3.11. The normalized spacial score (nSPS) is 15.8. The molecule has 1 atom stereocenters. The second-order valence-corrected chi connectivity index (χ2v) is 5.75. The Morgan fingerprint density at radius 3 is 2.54 bits per heavy atom. The van der Waals surface area contributed by atoms with Crippen molar-refractivity contribution in [1.82, 2.24) is 0 Å². The van der Waals surface area contributed by atoms with E-state index in [1.54, 1.807) is 36.3 Å². The number of amides is 1. The van der Waals surface area contributed by atoms with Crippen LogP contribution in [0.4, 0.5) is 5.69 Å². The van der Waals surface area contributed by atoms with Gasteiger partial charge in [0.25, 0.3) is 5.91 Å². The number of esters is 1. The first-order chi connectivity index (χ1) is 11.6.